The number of aromatic nitrogens is 3. The maximum absolute atomic E-state index is 16.6. The molecule has 0 unspecified atom stereocenters. The Bertz CT molecular complexity index is 1860. The summed E-state index contributed by atoms with van der Waals surface area (Å²) in [6.45, 7) is 1.63. The van der Waals surface area contributed by atoms with Gasteiger partial charge in [-0.25, -0.2) is 18.2 Å². The van der Waals surface area contributed by atoms with E-state index >= 15 is 4.39 Å². The summed E-state index contributed by atoms with van der Waals surface area (Å²) in [5, 5.41) is 14.8. The Morgan fingerprint density at radius 2 is 2.02 bits per heavy atom. The number of pyridine rings is 1. The van der Waals surface area contributed by atoms with Crippen molar-refractivity contribution >= 4 is 27.5 Å². The van der Waals surface area contributed by atoms with Crippen LogP contribution in [0.1, 0.15) is 37.7 Å². The van der Waals surface area contributed by atoms with Crippen molar-refractivity contribution in [2.24, 2.45) is 0 Å². The minimum atomic E-state index is -0.923. The van der Waals surface area contributed by atoms with Crippen molar-refractivity contribution in [3.63, 3.8) is 0 Å². The van der Waals surface area contributed by atoms with Gasteiger partial charge in [-0.2, -0.15) is 9.97 Å². The van der Waals surface area contributed by atoms with Crippen LogP contribution in [0, 0.1) is 24.0 Å². The molecular formula is C31H26F3N5O3. The van der Waals surface area contributed by atoms with Crippen LogP contribution >= 0.6 is 0 Å². The van der Waals surface area contributed by atoms with Crippen molar-refractivity contribution in [3.05, 3.63) is 41.5 Å². The molecule has 2 saturated heterocycles. The number of aromatic hydroxyl groups is 1. The molecule has 8 rings (SSSR count). The van der Waals surface area contributed by atoms with Gasteiger partial charge in [0.15, 0.2) is 5.82 Å². The summed E-state index contributed by atoms with van der Waals surface area (Å²) in [5.74, 6) is 1.13. The molecule has 3 aliphatic heterocycles. The fourth-order valence-corrected chi connectivity index (χ4v) is 6.87. The van der Waals surface area contributed by atoms with Gasteiger partial charge >= 0.3 is 6.01 Å². The Balaban J connectivity index is 1.31. The van der Waals surface area contributed by atoms with E-state index in [1.54, 1.807) is 0 Å². The molecule has 4 aromatic rings. The van der Waals surface area contributed by atoms with Gasteiger partial charge in [0.1, 0.15) is 53.4 Å². The molecule has 2 aromatic heterocycles. The number of hydrogen-bond donors (Lipinski definition) is 2. The number of halogens is 3. The molecule has 0 radical (unpaired) electrons. The minimum Gasteiger partial charge on any atom is -0.508 e. The zero-order chi connectivity index (χ0) is 28.8. The highest BCUT2D eigenvalue weighted by atomic mass is 19.1. The molecule has 2 atom stereocenters. The topological polar surface area (TPSA) is 92.6 Å². The molecule has 42 heavy (non-hydrogen) atoms. The van der Waals surface area contributed by atoms with E-state index in [0.29, 0.717) is 24.2 Å². The van der Waals surface area contributed by atoms with Gasteiger partial charge in [0.25, 0.3) is 0 Å². The molecule has 1 aliphatic carbocycles. The van der Waals surface area contributed by atoms with Gasteiger partial charge in [-0.15, -0.1) is 6.42 Å². The lowest BCUT2D eigenvalue weighted by molar-refractivity contribution is 0.107. The van der Waals surface area contributed by atoms with Crippen molar-refractivity contribution in [1.82, 2.24) is 19.9 Å². The largest absolute Gasteiger partial charge is 0.508 e. The molecule has 5 heterocycles. The molecule has 1 saturated carbocycles. The Kier molecular flexibility index (Phi) is 5.35. The first-order valence-electron chi connectivity index (χ1n) is 14.0. The predicted octanol–water partition coefficient (Wildman–Crippen LogP) is 5.10. The fourth-order valence-electron chi connectivity index (χ4n) is 6.87. The van der Waals surface area contributed by atoms with E-state index in [1.807, 2.05) is 0 Å². The van der Waals surface area contributed by atoms with Crippen LogP contribution in [0.2, 0.25) is 0 Å². The summed E-state index contributed by atoms with van der Waals surface area (Å²) < 4.78 is 58.0. The van der Waals surface area contributed by atoms with E-state index in [9.17, 15) is 13.9 Å². The molecule has 8 nitrogen and oxygen atoms in total. The summed E-state index contributed by atoms with van der Waals surface area (Å²) in [4.78, 5) is 15.7. The zero-order valence-electron chi connectivity index (χ0n) is 22.5. The molecule has 2 aromatic carbocycles. The Labute approximate surface area is 238 Å². The first kappa shape index (κ1) is 25.4. The van der Waals surface area contributed by atoms with Crippen molar-refractivity contribution in [3.8, 4) is 41.2 Å². The Hall–Kier alpha value is -4.30. The van der Waals surface area contributed by atoms with Crippen LogP contribution in [-0.2, 0) is 0 Å². The standard InChI is InChI=1S/C31H26F3N5O3/c1-2-19-21(33)5-4-16-10-18(40)11-20(22(16)19)25-24(34)26-23-27(38-30(7-8-30)14-41-28(23)35-25)37-29(36-26)42-15-31-6-3-9-39(31)13-17(32)12-31/h1,4-5,10-11,17,40H,3,6-9,12-15H2,(H,36,37,38)/t17-,31+/m1/s1. The molecule has 4 aliphatic rings. The highest BCUT2D eigenvalue weighted by Gasteiger charge is 2.50. The van der Waals surface area contributed by atoms with Crippen LogP contribution in [0.5, 0.6) is 17.6 Å². The number of fused-ring (bicyclic) bond motifs is 2. The maximum Gasteiger partial charge on any atom is 0.319 e. The molecular weight excluding hydrogens is 547 g/mol. The van der Waals surface area contributed by atoms with Crippen LogP contribution in [-0.4, -0.2) is 68.5 Å². The van der Waals surface area contributed by atoms with E-state index in [-0.39, 0.29) is 69.5 Å². The smallest absolute Gasteiger partial charge is 0.319 e. The van der Waals surface area contributed by atoms with Gasteiger partial charge in [-0.3, -0.25) is 4.90 Å². The third kappa shape index (κ3) is 3.78. The number of nitrogens with one attached hydrogen (secondary N) is 1. The first-order chi connectivity index (χ1) is 20.3. The van der Waals surface area contributed by atoms with E-state index in [4.69, 9.17) is 15.9 Å². The molecule has 11 heteroatoms. The number of terminal acetylenes is 1. The lowest BCUT2D eigenvalue weighted by atomic mass is 9.95. The van der Waals surface area contributed by atoms with Crippen molar-refractivity contribution in [1.29, 1.82) is 0 Å². The second-order valence-electron chi connectivity index (χ2n) is 11.9. The van der Waals surface area contributed by atoms with E-state index < -0.39 is 23.3 Å². The number of alkyl halides is 1. The quantitative estimate of drug-likeness (QED) is 0.326. The maximum atomic E-state index is 16.6. The number of rotatable bonds is 4. The first-order valence-corrected chi connectivity index (χ1v) is 14.0. The number of anilines is 1. The van der Waals surface area contributed by atoms with Crippen LogP contribution in [0.3, 0.4) is 0 Å². The van der Waals surface area contributed by atoms with E-state index in [0.717, 1.165) is 32.2 Å². The monoisotopic (exact) mass is 573 g/mol. The molecule has 214 valence electrons. The summed E-state index contributed by atoms with van der Waals surface area (Å²) in [6, 6.07) is 5.33. The lowest BCUT2D eigenvalue weighted by Crippen LogP contribution is -2.43. The average Bonchev–Trinajstić information content (AvgIpc) is 3.56. The van der Waals surface area contributed by atoms with E-state index in [1.165, 1.54) is 24.3 Å². The van der Waals surface area contributed by atoms with Crippen molar-refractivity contribution < 1.29 is 27.8 Å². The normalized spacial score (nSPS) is 23.8. The summed E-state index contributed by atoms with van der Waals surface area (Å²) in [7, 11) is 0. The summed E-state index contributed by atoms with van der Waals surface area (Å²) in [5.41, 5.74) is -1.11. The second kappa shape index (κ2) is 8.85. The molecule has 0 bridgehead atoms. The highest BCUT2D eigenvalue weighted by molar-refractivity contribution is 6.04. The van der Waals surface area contributed by atoms with Gasteiger partial charge < -0.3 is 19.9 Å². The molecule has 3 fully saturated rings. The minimum absolute atomic E-state index is 0.0515. The number of phenols is 1. The number of benzene rings is 2. The van der Waals surface area contributed by atoms with Crippen LogP contribution in [0.4, 0.5) is 19.0 Å². The lowest BCUT2D eigenvalue weighted by Gasteiger charge is -2.30. The third-order valence-corrected chi connectivity index (χ3v) is 9.14. The van der Waals surface area contributed by atoms with Crippen LogP contribution in [0.25, 0.3) is 32.9 Å². The molecule has 0 amide bonds. The zero-order valence-corrected chi connectivity index (χ0v) is 22.5. The summed E-state index contributed by atoms with van der Waals surface area (Å²) in [6.07, 6.45) is 8.51. The number of nitrogens with zero attached hydrogens (tertiary/aromatic N) is 4. The highest BCUT2D eigenvalue weighted by Crippen LogP contribution is 2.47. The summed E-state index contributed by atoms with van der Waals surface area (Å²) >= 11 is 0. The van der Waals surface area contributed by atoms with Crippen LogP contribution < -0.4 is 14.8 Å². The Morgan fingerprint density at radius 3 is 2.83 bits per heavy atom. The Morgan fingerprint density at radius 1 is 1.17 bits per heavy atom. The van der Waals surface area contributed by atoms with Gasteiger partial charge in [0.2, 0.25) is 5.88 Å². The second-order valence-corrected chi connectivity index (χ2v) is 11.9. The number of hydrogen-bond acceptors (Lipinski definition) is 8. The van der Waals surface area contributed by atoms with Gasteiger partial charge in [-0.1, -0.05) is 12.0 Å². The average molecular weight is 574 g/mol. The molecule has 2 N–H and O–H groups in total. The number of phenolic OH excluding ortho intramolecular Hbond substituents is 1. The van der Waals surface area contributed by atoms with Crippen molar-refractivity contribution in [2.45, 2.75) is 49.4 Å². The SMILES string of the molecule is C#Cc1c(F)ccc2cc(O)cc(-c3nc4c5c(nc(OC[C@@]67CCCN6C[C@H](F)C7)nc5c3F)NC3(CC3)CO4)c12. The van der Waals surface area contributed by atoms with Crippen LogP contribution in [0.15, 0.2) is 24.3 Å². The van der Waals surface area contributed by atoms with Gasteiger partial charge in [-0.05, 0) is 55.8 Å². The fraction of sp³-hybridized carbons (Fsp3) is 0.387. The molecule has 1 spiro atoms. The number of ether oxygens (including phenoxy) is 2. The van der Waals surface area contributed by atoms with Crippen molar-refractivity contribution in [2.75, 3.05) is 31.6 Å². The van der Waals surface area contributed by atoms with E-state index in [2.05, 4.69) is 31.1 Å². The predicted molar refractivity (Wildman–Crippen MR) is 149 cm³/mol. The van der Waals surface area contributed by atoms with Gasteiger partial charge in [0.05, 0.1) is 16.6 Å². The third-order valence-electron chi connectivity index (χ3n) is 9.14. The van der Waals surface area contributed by atoms with Gasteiger partial charge in [0, 0.05) is 23.9 Å².